The molecule has 2 aromatic rings. The fraction of sp³-hybridized carbons (Fsp3) is 0.391. The second-order valence-electron chi connectivity index (χ2n) is 7.20. The molecule has 2 aromatic carbocycles. The second-order valence-corrected chi connectivity index (χ2v) is 8.18. The van der Waals surface area contributed by atoms with Gasteiger partial charge < -0.3 is 14.2 Å². The molecule has 1 saturated heterocycles. The molecule has 6 nitrogen and oxygen atoms in total. The highest BCUT2D eigenvalue weighted by atomic mass is 32.2. The zero-order chi connectivity index (χ0) is 20.9. The van der Waals surface area contributed by atoms with Crippen LogP contribution in [0, 0.1) is 0 Å². The van der Waals surface area contributed by atoms with Gasteiger partial charge in [0.15, 0.2) is 16.7 Å². The number of carbonyl (C=O) groups is 1. The number of benzene rings is 2. The number of aliphatic imine (C=N–C) groups is 1. The van der Waals surface area contributed by atoms with Gasteiger partial charge in [-0.25, -0.2) is 4.99 Å². The average Bonchev–Trinajstić information content (AvgIpc) is 3.13. The monoisotopic (exact) mass is 426 g/mol. The topological polar surface area (TPSA) is 60.4 Å². The summed E-state index contributed by atoms with van der Waals surface area (Å²) in [6, 6.07) is 13.7. The maximum absolute atomic E-state index is 13.1. The first kappa shape index (κ1) is 20.6. The number of carbonyl (C=O) groups excluding carboxylic acids is 1. The van der Waals surface area contributed by atoms with E-state index in [1.54, 1.807) is 11.8 Å². The minimum Gasteiger partial charge on any atom is -0.492 e. The largest absolute Gasteiger partial charge is 0.492 e. The molecule has 2 aliphatic heterocycles. The van der Waals surface area contributed by atoms with Crippen molar-refractivity contribution in [1.82, 2.24) is 4.90 Å². The van der Waals surface area contributed by atoms with Crippen molar-refractivity contribution in [3.05, 3.63) is 48.0 Å². The summed E-state index contributed by atoms with van der Waals surface area (Å²) in [5, 5.41) is 0.738. The van der Waals surface area contributed by atoms with Crippen LogP contribution in [0.25, 0.3) is 0 Å². The van der Waals surface area contributed by atoms with E-state index in [4.69, 9.17) is 19.2 Å². The Hall–Kier alpha value is -2.67. The van der Waals surface area contributed by atoms with Crippen LogP contribution in [0.15, 0.2) is 47.5 Å². The van der Waals surface area contributed by atoms with E-state index in [1.165, 1.54) is 0 Å². The van der Waals surface area contributed by atoms with E-state index < -0.39 is 0 Å². The third kappa shape index (κ3) is 4.56. The zero-order valence-corrected chi connectivity index (χ0v) is 18.1. The fourth-order valence-corrected chi connectivity index (χ4v) is 4.63. The molecule has 0 aromatic heterocycles. The Kier molecular flexibility index (Phi) is 6.47. The van der Waals surface area contributed by atoms with E-state index in [-0.39, 0.29) is 11.9 Å². The minimum atomic E-state index is 0.0787. The van der Waals surface area contributed by atoms with Gasteiger partial charge in [-0.2, -0.15) is 0 Å². The van der Waals surface area contributed by atoms with Crippen LogP contribution >= 0.6 is 11.8 Å². The van der Waals surface area contributed by atoms with Crippen LogP contribution in [0.4, 0.5) is 5.69 Å². The smallest absolute Gasteiger partial charge is 0.229 e. The summed E-state index contributed by atoms with van der Waals surface area (Å²) in [5.41, 5.74) is 1.81. The van der Waals surface area contributed by atoms with E-state index in [1.807, 2.05) is 54.3 Å². The van der Waals surface area contributed by atoms with E-state index in [9.17, 15) is 4.79 Å². The Morgan fingerprint density at radius 1 is 1.20 bits per heavy atom. The molecule has 0 aliphatic carbocycles. The lowest BCUT2D eigenvalue weighted by Crippen LogP contribution is -2.37. The Balaban J connectivity index is 1.47. The number of thioether (sulfide) groups is 1. The van der Waals surface area contributed by atoms with Gasteiger partial charge in [0.25, 0.3) is 0 Å². The molecule has 2 aliphatic rings. The zero-order valence-electron chi connectivity index (χ0n) is 17.3. The molecule has 1 amide bonds. The lowest BCUT2D eigenvalue weighted by molar-refractivity contribution is -0.128. The van der Waals surface area contributed by atoms with Gasteiger partial charge in [0.2, 0.25) is 5.91 Å². The van der Waals surface area contributed by atoms with Crippen molar-refractivity contribution < 1.29 is 19.0 Å². The van der Waals surface area contributed by atoms with Crippen LogP contribution in [-0.4, -0.2) is 47.6 Å². The third-order valence-corrected chi connectivity index (χ3v) is 6.18. The molecular formula is C23H26N2O4S. The lowest BCUT2D eigenvalue weighted by atomic mass is 10.1. The van der Waals surface area contributed by atoms with Gasteiger partial charge in [-0.05, 0) is 50.1 Å². The lowest BCUT2D eigenvalue weighted by Gasteiger charge is -2.22. The van der Waals surface area contributed by atoms with Gasteiger partial charge in [-0.1, -0.05) is 30.0 Å². The third-order valence-electron chi connectivity index (χ3n) is 4.98. The number of hydrogen-bond acceptors (Lipinski definition) is 6. The quantitative estimate of drug-likeness (QED) is 0.683. The predicted octanol–water partition coefficient (Wildman–Crippen LogP) is 4.44. The van der Waals surface area contributed by atoms with Crippen LogP contribution in [0.1, 0.15) is 25.8 Å². The summed E-state index contributed by atoms with van der Waals surface area (Å²) in [4.78, 5) is 19.7. The number of fused-ring (bicyclic) bond motifs is 1. The minimum absolute atomic E-state index is 0.0787. The number of ether oxygens (including phenoxy) is 3. The van der Waals surface area contributed by atoms with Gasteiger partial charge in [-0.15, -0.1) is 0 Å². The number of hydrogen-bond donors (Lipinski definition) is 0. The molecule has 0 bridgehead atoms. The van der Waals surface area contributed by atoms with Crippen LogP contribution < -0.4 is 14.2 Å². The maximum atomic E-state index is 13.1. The molecule has 0 spiro atoms. The Morgan fingerprint density at radius 3 is 2.83 bits per heavy atom. The number of amides is 1. The highest BCUT2D eigenvalue weighted by Crippen LogP contribution is 2.33. The number of para-hydroxylation sites is 2. The SMILES string of the molecule is CCOc1ccccc1N=C1SCC(C)N1C(=O)CCc1ccc2c(c1)OCCO2. The van der Waals surface area contributed by atoms with Crippen LogP contribution in [-0.2, 0) is 11.2 Å². The van der Waals surface area contributed by atoms with Crippen molar-refractivity contribution in [2.24, 2.45) is 4.99 Å². The van der Waals surface area contributed by atoms with Crippen molar-refractivity contribution in [2.75, 3.05) is 25.6 Å². The molecule has 1 atom stereocenters. The molecule has 1 fully saturated rings. The van der Waals surface area contributed by atoms with Crippen molar-refractivity contribution in [3.8, 4) is 17.2 Å². The average molecular weight is 427 g/mol. The summed E-state index contributed by atoms with van der Waals surface area (Å²) in [6.45, 7) is 5.71. The maximum Gasteiger partial charge on any atom is 0.229 e. The molecule has 30 heavy (non-hydrogen) atoms. The van der Waals surface area contributed by atoms with E-state index >= 15 is 0 Å². The first-order chi connectivity index (χ1) is 14.7. The summed E-state index contributed by atoms with van der Waals surface area (Å²) in [7, 11) is 0. The van der Waals surface area contributed by atoms with Crippen molar-refractivity contribution >= 4 is 28.5 Å². The summed E-state index contributed by atoms with van der Waals surface area (Å²) >= 11 is 1.61. The molecule has 1 unspecified atom stereocenters. The highest BCUT2D eigenvalue weighted by molar-refractivity contribution is 8.14. The molecule has 0 saturated carbocycles. The van der Waals surface area contributed by atoms with E-state index in [0.29, 0.717) is 32.7 Å². The number of aryl methyl sites for hydroxylation is 1. The Bertz CT molecular complexity index is 947. The van der Waals surface area contributed by atoms with Crippen LogP contribution in [0.5, 0.6) is 17.2 Å². The predicted molar refractivity (Wildman–Crippen MR) is 119 cm³/mol. The first-order valence-corrected chi connectivity index (χ1v) is 11.3. The molecule has 7 heteroatoms. The molecular weight excluding hydrogens is 400 g/mol. The van der Waals surface area contributed by atoms with Crippen molar-refractivity contribution in [1.29, 1.82) is 0 Å². The molecule has 0 N–H and O–H groups in total. The van der Waals surface area contributed by atoms with Gasteiger partial charge in [0.1, 0.15) is 24.7 Å². The number of nitrogens with zero attached hydrogens (tertiary/aromatic N) is 2. The normalized spacial score (nSPS) is 19.2. The molecule has 0 radical (unpaired) electrons. The first-order valence-electron chi connectivity index (χ1n) is 10.3. The van der Waals surface area contributed by atoms with Crippen molar-refractivity contribution in [2.45, 2.75) is 32.7 Å². The second kappa shape index (κ2) is 9.43. The van der Waals surface area contributed by atoms with Crippen molar-refractivity contribution in [3.63, 3.8) is 0 Å². The van der Waals surface area contributed by atoms with Gasteiger partial charge in [0, 0.05) is 18.2 Å². The Labute approximate surface area is 181 Å². The molecule has 4 rings (SSSR count). The summed E-state index contributed by atoms with van der Waals surface area (Å²) in [6.07, 6.45) is 1.06. The van der Waals surface area contributed by atoms with E-state index in [2.05, 4.69) is 6.92 Å². The van der Waals surface area contributed by atoms with Crippen LogP contribution in [0.3, 0.4) is 0 Å². The summed E-state index contributed by atoms with van der Waals surface area (Å²) in [5.74, 6) is 3.17. The van der Waals surface area contributed by atoms with Gasteiger partial charge in [0.05, 0.1) is 6.61 Å². The molecule has 158 valence electrons. The van der Waals surface area contributed by atoms with Gasteiger partial charge in [-0.3, -0.25) is 9.69 Å². The Morgan fingerprint density at radius 2 is 2.00 bits per heavy atom. The highest BCUT2D eigenvalue weighted by Gasteiger charge is 2.32. The standard InChI is InChI=1S/C23H26N2O4S/c1-3-27-19-7-5-4-6-18(19)24-23-25(16(2)15-30-23)22(26)11-9-17-8-10-20-21(14-17)29-13-12-28-20/h4-8,10,14,16H,3,9,11-13,15H2,1-2H3. The number of amidine groups is 1. The number of rotatable bonds is 6. The van der Waals surface area contributed by atoms with Crippen LogP contribution in [0.2, 0.25) is 0 Å². The van der Waals surface area contributed by atoms with Gasteiger partial charge >= 0.3 is 0 Å². The van der Waals surface area contributed by atoms with E-state index in [0.717, 1.165) is 39.4 Å². The molecule has 2 heterocycles. The fourth-order valence-electron chi connectivity index (χ4n) is 3.51. The summed E-state index contributed by atoms with van der Waals surface area (Å²) < 4.78 is 16.9.